The van der Waals surface area contributed by atoms with Crippen LogP contribution in [0.15, 0.2) is 42.6 Å². The SMILES string of the molecule is Cc1cc(N(C)c2ccccc2)c(CCl)cn1. The zero-order chi connectivity index (χ0) is 12.3. The van der Waals surface area contributed by atoms with Crippen LogP contribution < -0.4 is 4.90 Å². The molecular weight excluding hydrogens is 232 g/mol. The number of hydrogen-bond acceptors (Lipinski definition) is 2. The van der Waals surface area contributed by atoms with Crippen molar-refractivity contribution < 1.29 is 0 Å². The summed E-state index contributed by atoms with van der Waals surface area (Å²) in [6.07, 6.45) is 1.84. The Hall–Kier alpha value is -1.54. The van der Waals surface area contributed by atoms with Crippen molar-refractivity contribution in [1.82, 2.24) is 4.98 Å². The van der Waals surface area contributed by atoms with Crippen LogP contribution in [0.1, 0.15) is 11.3 Å². The molecule has 0 fully saturated rings. The van der Waals surface area contributed by atoms with E-state index in [-0.39, 0.29) is 0 Å². The summed E-state index contributed by atoms with van der Waals surface area (Å²) in [5.41, 5.74) is 4.29. The smallest absolute Gasteiger partial charge is 0.0510 e. The van der Waals surface area contributed by atoms with E-state index in [4.69, 9.17) is 11.6 Å². The second kappa shape index (κ2) is 5.19. The molecule has 2 aromatic rings. The first-order chi connectivity index (χ1) is 8.22. The van der Waals surface area contributed by atoms with E-state index >= 15 is 0 Å². The third kappa shape index (κ3) is 2.59. The molecule has 17 heavy (non-hydrogen) atoms. The van der Waals surface area contributed by atoms with Gasteiger partial charge in [-0.2, -0.15) is 0 Å². The van der Waals surface area contributed by atoms with E-state index in [9.17, 15) is 0 Å². The number of nitrogens with zero attached hydrogens (tertiary/aromatic N) is 2. The van der Waals surface area contributed by atoms with E-state index in [1.807, 2.05) is 38.4 Å². The van der Waals surface area contributed by atoms with Crippen LogP contribution in [-0.2, 0) is 5.88 Å². The Labute approximate surface area is 107 Å². The predicted octanol–water partition coefficient (Wildman–Crippen LogP) is 3.90. The zero-order valence-electron chi connectivity index (χ0n) is 10.0. The van der Waals surface area contributed by atoms with E-state index < -0.39 is 0 Å². The van der Waals surface area contributed by atoms with Crippen molar-refractivity contribution in [2.24, 2.45) is 0 Å². The standard InChI is InChI=1S/C14H15ClN2/c1-11-8-14(12(9-15)10-16-11)17(2)13-6-4-3-5-7-13/h3-8,10H,9H2,1-2H3. The van der Waals surface area contributed by atoms with Crippen molar-refractivity contribution in [2.75, 3.05) is 11.9 Å². The fourth-order valence-corrected chi connectivity index (χ4v) is 1.99. The number of halogens is 1. The predicted molar refractivity (Wildman–Crippen MR) is 73.0 cm³/mol. The summed E-state index contributed by atoms with van der Waals surface area (Å²) < 4.78 is 0. The third-order valence-corrected chi connectivity index (χ3v) is 3.04. The van der Waals surface area contributed by atoms with Crippen LogP contribution in [0.5, 0.6) is 0 Å². The average molecular weight is 247 g/mol. The lowest BCUT2D eigenvalue weighted by molar-refractivity contribution is 1.11. The fraction of sp³-hybridized carbons (Fsp3) is 0.214. The number of aryl methyl sites for hydroxylation is 1. The van der Waals surface area contributed by atoms with E-state index in [2.05, 4.69) is 28.1 Å². The maximum atomic E-state index is 5.95. The van der Waals surface area contributed by atoms with Gasteiger partial charge in [0.1, 0.15) is 0 Å². The molecule has 2 nitrogen and oxygen atoms in total. The van der Waals surface area contributed by atoms with Gasteiger partial charge >= 0.3 is 0 Å². The molecule has 0 bridgehead atoms. The normalized spacial score (nSPS) is 10.3. The Morgan fingerprint density at radius 2 is 1.94 bits per heavy atom. The first-order valence-electron chi connectivity index (χ1n) is 5.52. The topological polar surface area (TPSA) is 16.1 Å². The molecule has 0 aliphatic carbocycles. The first kappa shape index (κ1) is 11.9. The number of para-hydroxylation sites is 1. The number of alkyl halides is 1. The largest absolute Gasteiger partial charge is 0.344 e. The van der Waals surface area contributed by atoms with Gasteiger partial charge in [0.15, 0.2) is 0 Å². The molecule has 0 aliphatic heterocycles. The molecule has 88 valence electrons. The Bertz CT molecular complexity index is 497. The molecule has 1 aromatic heterocycles. The molecule has 3 heteroatoms. The molecule has 0 aliphatic rings. The summed E-state index contributed by atoms with van der Waals surface area (Å²) in [5, 5.41) is 0. The van der Waals surface area contributed by atoms with E-state index in [1.54, 1.807) is 0 Å². The summed E-state index contributed by atoms with van der Waals surface area (Å²) in [7, 11) is 2.04. The molecule has 1 aromatic carbocycles. The number of aromatic nitrogens is 1. The molecular formula is C14H15ClN2. The molecule has 2 rings (SSSR count). The fourth-order valence-electron chi connectivity index (χ4n) is 1.78. The monoisotopic (exact) mass is 246 g/mol. The van der Waals surface area contributed by atoms with Crippen molar-refractivity contribution in [3.8, 4) is 0 Å². The van der Waals surface area contributed by atoms with Gasteiger partial charge in [0.2, 0.25) is 0 Å². The number of benzene rings is 1. The van der Waals surface area contributed by atoms with Crippen LogP contribution in [0, 0.1) is 6.92 Å². The lowest BCUT2D eigenvalue weighted by Crippen LogP contribution is -2.12. The van der Waals surface area contributed by atoms with E-state index in [0.717, 1.165) is 22.6 Å². The number of pyridine rings is 1. The quantitative estimate of drug-likeness (QED) is 0.764. The maximum absolute atomic E-state index is 5.95. The number of rotatable bonds is 3. The molecule has 0 unspecified atom stereocenters. The van der Waals surface area contributed by atoms with Gasteiger partial charge in [0.25, 0.3) is 0 Å². The van der Waals surface area contributed by atoms with Gasteiger partial charge in [-0.05, 0) is 25.1 Å². The summed E-state index contributed by atoms with van der Waals surface area (Å²) in [6, 6.07) is 12.3. The first-order valence-corrected chi connectivity index (χ1v) is 6.06. The van der Waals surface area contributed by atoms with Crippen molar-refractivity contribution in [1.29, 1.82) is 0 Å². The minimum atomic E-state index is 0.472. The lowest BCUT2D eigenvalue weighted by Gasteiger charge is -2.22. The number of hydrogen-bond donors (Lipinski definition) is 0. The van der Waals surface area contributed by atoms with Crippen LogP contribution in [0.4, 0.5) is 11.4 Å². The van der Waals surface area contributed by atoms with Crippen LogP contribution in [-0.4, -0.2) is 12.0 Å². The van der Waals surface area contributed by atoms with Crippen LogP contribution >= 0.6 is 11.6 Å². The Kier molecular flexibility index (Phi) is 3.64. The lowest BCUT2D eigenvalue weighted by atomic mass is 10.2. The van der Waals surface area contributed by atoms with Crippen molar-refractivity contribution in [3.05, 3.63) is 53.9 Å². The van der Waals surface area contributed by atoms with Gasteiger partial charge in [0.05, 0.1) is 5.88 Å². The zero-order valence-corrected chi connectivity index (χ0v) is 10.8. The molecule has 0 spiro atoms. The highest BCUT2D eigenvalue weighted by Crippen LogP contribution is 2.27. The third-order valence-electron chi connectivity index (χ3n) is 2.75. The Morgan fingerprint density at radius 3 is 2.59 bits per heavy atom. The average Bonchev–Trinajstić information content (AvgIpc) is 2.39. The molecule has 0 N–H and O–H groups in total. The summed E-state index contributed by atoms with van der Waals surface area (Å²) >= 11 is 5.95. The van der Waals surface area contributed by atoms with Gasteiger partial charge in [-0.15, -0.1) is 11.6 Å². The van der Waals surface area contributed by atoms with E-state index in [0.29, 0.717) is 5.88 Å². The maximum Gasteiger partial charge on any atom is 0.0510 e. The van der Waals surface area contributed by atoms with Crippen LogP contribution in [0.25, 0.3) is 0 Å². The molecule has 0 saturated heterocycles. The van der Waals surface area contributed by atoms with Gasteiger partial charge in [-0.25, -0.2) is 0 Å². The van der Waals surface area contributed by atoms with Crippen molar-refractivity contribution in [2.45, 2.75) is 12.8 Å². The summed E-state index contributed by atoms with van der Waals surface area (Å²) in [4.78, 5) is 6.41. The Morgan fingerprint density at radius 1 is 1.24 bits per heavy atom. The molecule has 0 atom stereocenters. The second-order valence-corrected chi connectivity index (χ2v) is 4.25. The molecule has 1 heterocycles. The van der Waals surface area contributed by atoms with Crippen LogP contribution in [0.3, 0.4) is 0 Å². The highest BCUT2D eigenvalue weighted by atomic mass is 35.5. The molecule has 0 amide bonds. The van der Waals surface area contributed by atoms with Gasteiger partial charge in [0, 0.05) is 35.9 Å². The minimum absolute atomic E-state index is 0.472. The summed E-state index contributed by atoms with van der Waals surface area (Å²) in [6.45, 7) is 1.99. The van der Waals surface area contributed by atoms with Gasteiger partial charge < -0.3 is 4.90 Å². The van der Waals surface area contributed by atoms with Crippen molar-refractivity contribution in [3.63, 3.8) is 0 Å². The Balaban J connectivity index is 2.43. The van der Waals surface area contributed by atoms with Gasteiger partial charge in [-0.3, -0.25) is 4.98 Å². The second-order valence-electron chi connectivity index (χ2n) is 3.98. The molecule has 0 radical (unpaired) electrons. The highest BCUT2D eigenvalue weighted by molar-refractivity contribution is 6.17. The molecule has 0 saturated carbocycles. The highest BCUT2D eigenvalue weighted by Gasteiger charge is 2.09. The summed E-state index contributed by atoms with van der Waals surface area (Å²) in [5.74, 6) is 0.472. The minimum Gasteiger partial charge on any atom is -0.344 e. The van der Waals surface area contributed by atoms with E-state index in [1.165, 1.54) is 0 Å². The van der Waals surface area contributed by atoms with Crippen molar-refractivity contribution >= 4 is 23.0 Å². The van der Waals surface area contributed by atoms with Crippen LogP contribution in [0.2, 0.25) is 0 Å². The number of anilines is 2. The van der Waals surface area contributed by atoms with Gasteiger partial charge in [-0.1, -0.05) is 18.2 Å².